The van der Waals surface area contributed by atoms with Gasteiger partial charge in [0.15, 0.2) is 0 Å². The van der Waals surface area contributed by atoms with Gasteiger partial charge in [0.1, 0.15) is 16.4 Å². The highest BCUT2D eigenvalue weighted by Gasteiger charge is 2.22. The molecule has 0 bridgehead atoms. The molecule has 2 N–H and O–H groups in total. The van der Waals surface area contributed by atoms with Gasteiger partial charge in [-0.2, -0.15) is 0 Å². The Morgan fingerprint density at radius 3 is 2.27 bits per heavy atom. The number of sulfonamides is 1. The third-order valence-electron chi connectivity index (χ3n) is 5.22. The quantitative estimate of drug-likeness (QED) is 0.473. The predicted octanol–water partition coefficient (Wildman–Crippen LogP) is 3.72. The van der Waals surface area contributed by atoms with Crippen LogP contribution in [0.2, 0.25) is 0 Å². The molecule has 0 saturated heterocycles. The highest BCUT2D eigenvalue weighted by molar-refractivity contribution is 7.89. The van der Waals surface area contributed by atoms with Gasteiger partial charge in [0.05, 0.1) is 20.3 Å². The van der Waals surface area contributed by atoms with E-state index in [0.717, 1.165) is 11.1 Å². The molecule has 0 saturated carbocycles. The molecule has 1 atom stereocenters. The van der Waals surface area contributed by atoms with E-state index < -0.39 is 15.9 Å². The summed E-state index contributed by atoms with van der Waals surface area (Å²) >= 11 is 0. The van der Waals surface area contributed by atoms with Gasteiger partial charge >= 0.3 is 0 Å². The molecule has 7 nitrogen and oxygen atoms in total. The van der Waals surface area contributed by atoms with Crippen molar-refractivity contribution in [2.45, 2.75) is 24.3 Å². The molecule has 0 heterocycles. The maximum absolute atomic E-state index is 13.0. The van der Waals surface area contributed by atoms with Gasteiger partial charge in [-0.3, -0.25) is 4.79 Å². The molecule has 8 heteroatoms. The standard InChI is InChI=1S/C25H28N2O5S/c1-18(21-11-7-8-12-22(21)31-2)27-25(28)20-13-14-23(32-3)24(17-20)33(29,30)26-16-15-19-9-5-4-6-10-19/h4-14,17-18,26H,15-16H2,1-3H3,(H,27,28)/t18-/m1/s1. The smallest absolute Gasteiger partial charge is 0.251 e. The third-order valence-corrected chi connectivity index (χ3v) is 6.70. The number of carbonyl (C=O) groups excluding carboxylic acids is 1. The van der Waals surface area contributed by atoms with Crippen molar-refractivity contribution in [3.63, 3.8) is 0 Å². The van der Waals surface area contributed by atoms with Gasteiger partial charge in [-0.25, -0.2) is 13.1 Å². The molecular weight excluding hydrogens is 440 g/mol. The van der Waals surface area contributed by atoms with Crippen molar-refractivity contribution in [1.82, 2.24) is 10.0 Å². The lowest BCUT2D eigenvalue weighted by atomic mass is 10.1. The SMILES string of the molecule is COc1ccccc1[C@@H](C)NC(=O)c1ccc(OC)c(S(=O)(=O)NCCc2ccccc2)c1. The second kappa shape index (κ2) is 11.0. The van der Waals surface area contributed by atoms with E-state index in [2.05, 4.69) is 10.0 Å². The fourth-order valence-electron chi connectivity index (χ4n) is 3.46. The van der Waals surface area contributed by atoms with Crippen LogP contribution in [0.15, 0.2) is 77.7 Å². The summed E-state index contributed by atoms with van der Waals surface area (Å²) in [6, 6.07) is 21.0. The number of nitrogens with one attached hydrogen (secondary N) is 2. The zero-order valence-electron chi connectivity index (χ0n) is 18.9. The third kappa shape index (κ3) is 6.12. The van der Waals surface area contributed by atoms with Crippen LogP contribution in [0.1, 0.15) is 34.5 Å². The molecule has 0 aromatic heterocycles. The monoisotopic (exact) mass is 468 g/mol. The normalized spacial score (nSPS) is 12.1. The fraction of sp³-hybridized carbons (Fsp3) is 0.240. The topological polar surface area (TPSA) is 93.7 Å². The number of hydrogen-bond donors (Lipinski definition) is 2. The van der Waals surface area contributed by atoms with E-state index in [1.807, 2.05) is 61.5 Å². The van der Waals surface area contributed by atoms with Gasteiger partial charge in [-0.15, -0.1) is 0 Å². The summed E-state index contributed by atoms with van der Waals surface area (Å²) in [6.07, 6.45) is 0.541. The van der Waals surface area contributed by atoms with Crippen LogP contribution in [0.3, 0.4) is 0 Å². The molecule has 0 spiro atoms. The number of carbonyl (C=O) groups is 1. The summed E-state index contributed by atoms with van der Waals surface area (Å²) < 4.78 is 39.1. The van der Waals surface area contributed by atoms with E-state index in [1.165, 1.54) is 25.3 Å². The average Bonchev–Trinajstić information content (AvgIpc) is 2.84. The van der Waals surface area contributed by atoms with Gasteiger partial charge in [-0.05, 0) is 43.2 Å². The summed E-state index contributed by atoms with van der Waals surface area (Å²) in [5.74, 6) is 0.416. The Hall–Kier alpha value is -3.36. The van der Waals surface area contributed by atoms with E-state index in [0.29, 0.717) is 12.2 Å². The summed E-state index contributed by atoms with van der Waals surface area (Å²) in [4.78, 5) is 12.8. The molecule has 0 aliphatic carbocycles. The summed E-state index contributed by atoms with van der Waals surface area (Å²) in [5, 5.41) is 2.89. The zero-order chi connectivity index (χ0) is 23.8. The second-order valence-electron chi connectivity index (χ2n) is 7.44. The van der Waals surface area contributed by atoms with Crippen LogP contribution in [0, 0.1) is 0 Å². The van der Waals surface area contributed by atoms with Crippen molar-refractivity contribution >= 4 is 15.9 Å². The van der Waals surface area contributed by atoms with Gasteiger partial charge < -0.3 is 14.8 Å². The number of amides is 1. The maximum atomic E-state index is 13.0. The van der Waals surface area contributed by atoms with E-state index >= 15 is 0 Å². The minimum absolute atomic E-state index is 0.0874. The number of ether oxygens (including phenoxy) is 2. The Balaban J connectivity index is 1.77. The summed E-state index contributed by atoms with van der Waals surface area (Å²) in [7, 11) is -0.937. The number of methoxy groups -OCH3 is 2. The minimum atomic E-state index is -3.90. The van der Waals surface area contributed by atoms with Crippen LogP contribution >= 0.6 is 0 Å². The van der Waals surface area contributed by atoms with Crippen LogP contribution in [0.4, 0.5) is 0 Å². The Morgan fingerprint density at radius 2 is 1.58 bits per heavy atom. The molecule has 3 rings (SSSR count). The molecule has 0 radical (unpaired) electrons. The molecule has 33 heavy (non-hydrogen) atoms. The van der Waals surface area contributed by atoms with Gasteiger partial charge in [0.2, 0.25) is 10.0 Å². The molecule has 1 amide bonds. The number of hydrogen-bond acceptors (Lipinski definition) is 5. The molecular formula is C25H28N2O5S. The molecule has 174 valence electrons. The van der Waals surface area contributed by atoms with Crippen molar-refractivity contribution in [1.29, 1.82) is 0 Å². The first kappa shape index (κ1) is 24.3. The molecule has 3 aromatic rings. The van der Waals surface area contributed by atoms with Gasteiger partial charge in [0, 0.05) is 17.7 Å². The first-order chi connectivity index (χ1) is 15.9. The molecule has 0 aliphatic heterocycles. The van der Waals surface area contributed by atoms with Crippen molar-refractivity contribution in [3.8, 4) is 11.5 Å². The largest absolute Gasteiger partial charge is 0.496 e. The Labute approximate surface area is 194 Å². The van der Waals surface area contributed by atoms with Crippen LogP contribution in [0.5, 0.6) is 11.5 Å². The summed E-state index contributed by atoms with van der Waals surface area (Å²) in [5.41, 5.74) is 2.05. The number of para-hydroxylation sites is 1. The molecule has 3 aromatic carbocycles. The van der Waals surface area contributed by atoms with Crippen LogP contribution in [-0.2, 0) is 16.4 Å². The molecule has 0 aliphatic rings. The highest BCUT2D eigenvalue weighted by atomic mass is 32.2. The van der Waals surface area contributed by atoms with Gasteiger partial charge in [-0.1, -0.05) is 48.5 Å². The number of benzene rings is 3. The number of rotatable bonds is 10. The minimum Gasteiger partial charge on any atom is -0.496 e. The lowest BCUT2D eigenvalue weighted by molar-refractivity contribution is 0.0939. The van der Waals surface area contributed by atoms with Crippen molar-refractivity contribution < 1.29 is 22.7 Å². The van der Waals surface area contributed by atoms with E-state index in [9.17, 15) is 13.2 Å². The lowest BCUT2D eigenvalue weighted by Gasteiger charge is -2.18. The Morgan fingerprint density at radius 1 is 0.909 bits per heavy atom. The van der Waals surface area contributed by atoms with E-state index in [4.69, 9.17) is 9.47 Å². The summed E-state index contributed by atoms with van der Waals surface area (Å²) in [6.45, 7) is 2.05. The Bertz CT molecular complexity index is 1200. The van der Waals surface area contributed by atoms with Crippen LogP contribution < -0.4 is 19.5 Å². The van der Waals surface area contributed by atoms with E-state index in [1.54, 1.807) is 7.11 Å². The van der Waals surface area contributed by atoms with Crippen molar-refractivity contribution in [2.24, 2.45) is 0 Å². The lowest BCUT2D eigenvalue weighted by Crippen LogP contribution is -2.29. The first-order valence-electron chi connectivity index (χ1n) is 10.5. The average molecular weight is 469 g/mol. The molecule has 0 fully saturated rings. The molecule has 0 unspecified atom stereocenters. The highest BCUT2D eigenvalue weighted by Crippen LogP contribution is 2.27. The van der Waals surface area contributed by atoms with Gasteiger partial charge in [0.25, 0.3) is 5.91 Å². The first-order valence-corrected chi connectivity index (χ1v) is 12.0. The Kier molecular flexibility index (Phi) is 8.08. The fourth-order valence-corrected chi connectivity index (χ4v) is 4.69. The second-order valence-corrected chi connectivity index (χ2v) is 9.17. The zero-order valence-corrected chi connectivity index (χ0v) is 19.7. The van der Waals surface area contributed by atoms with Crippen LogP contribution in [0.25, 0.3) is 0 Å². The van der Waals surface area contributed by atoms with Crippen LogP contribution in [-0.4, -0.2) is 35.1 Å². The van der Waals surface area contributed by atoms with E-state index in [-0.39, 0.29) is 28.8 Å². The maximum Gasteiger partial charge on any atom is 0.251 e. The predicted molar refractivity (Wildman–Crippen MR) is 127 cm³/mol. The van der Waals surface area contributed by atoms with Crippen molar-refractivity contribution in [2.75, 3.05) is 20.8 Å². The van der Waals surface area contributed by atoms with Crippen molar-refractivity contribution in [3.05, 3.63) is 89.5 Å².